The summed E-state index contributed by atoms with van der Waals surface area (Å²) in [5.41, 5.74) is -0.969. The lowest BCUT2D eigenvalue weighted by molar-refractivity contribution is -0.127. The Labute approximate surface area is 148 Å². The van der Waals surface area contributed by atoms with Crippen molar-refractivity contribution in [1.29, 1.82) is 0 Å². The van der Waals surface area contributed by atoms with Crippen LogP contribution in [0.2, 0.25) is 0 Å². The van der Waals surface area contributed by atoms with Crippen molar-refractivity contribution >= 4 is 31.7 Å². The van der Waals surface area contributed by atoms with Crippen molar-refractivity contribution < 1.29 is 13.2 Å². The molecule has 132 valence electrons. The highest BCUT2D eigenvalue weighted by Gasteiger charge is 2.68. The van der Waals surface area contributed by atoms with E-state index in [-0.39, 0.29) is 22.3 Å². The van der Waals surface area contributed by atoms with Gasteiger partial charge in [-0.2, -0.15) is 4.31 Å². The highest BCUT2D eigenvalue weighted by molar-refractivity contribution is 9.10. The van der Waals surface area contributed by atoms with Gasteiger partial charge in [-0.25, -0.2) is 8.42 Å². The second-order valence-electron chi connectivity index (χ2n) is 7.75. The Morgan fingerprint density at radius 1 is 1.22 bits per heavy atom. The number of sulfonamides is 1. The molecule has 0 spiro atoms. The molecule has 1 saturated heterocycles. The van der Waals surface area contributed by atoms with Crippen LogP contribution in [0.25, 0.3) is 0 Å². The smallest absolute Gasteiger partial charge is 0.214 e. The van der Waals surface area contributed by atoms with Gasteiger partial charge in [0.25, 0.3) is 0 Å². The van der Waals surface area contributed by atoms with E-state index in [1.165, 1.54) is 0 Å². The molecule has 5 nitrogen and oxygen atoms in total. The number of nitrogens with zero attached hydrogens (tertiary/aromatic N) is 2. The molecule has 0 unspecified atom stereocenters. The van der Waals surface area contributed by atoms with Gasteiger partial charge in [0.2, 0.25) is 10.0 Å². The first-order valence-electron chi connectivity index (χ1n) is 8.54. The summed E-state index contributed by atoms with van der Waals surface area (Å²) in [4.78, 5) is 14.7. The third-order valence-corrected chi connectivity index (χ3v) is 10.0. The number of ketones is 1. The summed E-state index contributed by atoms with van der Waals surface area (Å²) < 4.78 is 27.6. The lowest BCUT2D eigenvalue weighted by Crippen LogP contribution is -2.52. The third kappa shape index (κ3) is 2.53. The molecule has 23 heavy (non-hydrogen) atoms. The summed E-state index contributed by atoms with van der Waals surface area (Å²) >= 11 is 3.53. The lowest BCUT2D eigenvalue weighted by atomic mass is 9.70. The minimum absolute atomic E-state index is 0.0983. The third-order valence-electron chi connectivity index (χ3n) is 6.84. The summed E-state index contributed by atoms with van der Waals surface area (Å²) in [7, 11) is -3.33. The van der Waals surface area contributed by atoms with E-state index >= 15 is 0 Å². The van der Waals surface area contributed by atoms with E-state index in [0.717, 1.165) is 32.5 Å². The van der Waals surface area contributed by atoms with Crippen molar-refractivity contribution in [2.45, 2.75) is 38.4 Å². The molecule has 3 rings (SSSR count). The number of halogens is 1. The number of hydrogen-bond acceptors (Lipinski definition) is 4. The molecule has 0 aromatic heterocycles. The van der Waals surface area contributed by atoms with Crippen LogP contribution in [0.4, 0.5) is 0 Å². The van der Waals surface area contributed by atoms with Gasteiger partial charge >= 0.3 is 0 Å². The van der Waals surface area contributed by atoms with Crippen LogP contribution in [-0.4, -0.2) is 66.7 Å². The van der Waals surface area contributed by atoms with Gasteiger partial charge in [0.1, 0.15) is 0 Å². The topological polar surface area (TPSA) is 57.7 Å². The van der Waals surface area contributed by atoms with Crippen LogP contribution in [0.5, 0.6) is 0 Å². The monoisotopic (exact) mass is 406 g/mol. The average Bonchev–Trinajstić information content (AvgIpc) is 2.83. The molecule has 4 atom stereocenters. The molecule has 0 N–H and O–H groups in total. The minimum atomic E-state index is -3.33. The van der Waals surface area contributed by atoms with E-state index in [1.807, 2.05) is 13.8 Å². The summed E-state index contributed by atoms with van der Waals surface area (Å²) in [5.74, 6) is 0.426. The number of alkyl halides is 1. The van der Waals surface area contributed by atoms with Gasteiger partial charge < -0.3 is 4.90 Å². The Balaban J connectivity index is 1.80. The minimum Gasteiger partial charge on any atom is -0.301 e. The zero-order valence-corrected chi connectivity index (χ0v) is 16.6. The SMILES string of the molecule is CCN1CCN(S(=O)(=O)C[C@]2(C)[C@H]3CC[C@]2(C)C(=O)[C@@H]3Br)CC1. The van der Waals surface area contributed by atoms with Crippen LogP contribution in [-0.2, 0) is 14.8 Å². The van der Waals surface area contributed by atoms with Crippen molar-refractivity contribution in [2.24, 2.45) is 16.7 Å². The first-order chi connectivity index (χ1) is 10.7. The van der Waals surface area contributed by atoms with Gasteiger partial charge in [-0.05, 0) is 30.7 Å². The molecule has 0 aromatic rings. The molecular formula is C16H27BrN2O3S. The number of carbonyl (C=O) groups excluding carboxylic acids is 1. The van der Waals surface area contributed by atoms with E-state index in [4.69, 9.17) is 0 Å². The number of Topliss-reactive ketones (excluding diaryl/α,β-unsaturated/α-hetero) is 1. The molecule has 2 saturated carbocycles. The number of likely N-dealkylation sites (N-methyl/N-ethyl adjacent to an activating group) is 1. The number of piperazine rings is 1. The zero-order valence-electron chi connectivity index (χ0n) is 14.2. The Morgan fingerprint density at radius 3 is 2.30 bits per heavy atom. The standard InChI is InChI=1S/C16H27BrN2O3S/c1-4-18-7-9-19(10-8-18)23(21,22)11-16(3)12-5-6-15(16,2)14(20)13(12)17/h12-13H,4-11H2,1-3H3/t12-,13+,15+,16+/m0/s1. The number of carbonyl (C=O) groups is 1. The van der Waals surface area contributed by atoms with Crippen molar-refractivity contribution in [3.63, 3.8) is 0 Å². The molecular weight excluding hydrogens is 380 g/mol. The first kappa shape index (κ1) is 17.8. The van der Waals surface area contributed by atoms with Crippen LogP contribution in [0.15, 0.2) is 0 Å². The molecule has 1 aliphatic heterocycles. The lowest BCUT2D eigenvalue weighted by Gasteiger charge is -2.39. The molecule has 0 aromatic carbocycles. The second kappa shape index (κ2) is 5.78. The second-order valence-corrected chi connectivity index (χ2v) is 10.7. The summed E-state index contributed by atoms with van der Waals surface area (Å²) in [5, 5.41) is 0. The summed E-state index contributed by atoms with van der Waals surface area (Å²) in [6.45, 7) is 9.79. The number of rotatable bonds is 4. The maximum Gasteiger partial charge on any atom is 0.214 e. The molecule has 2 aliphatic carbocycles. The largest absolute Gasteiger partial charge is 0.301 e. The van der Waals surface area contributed by atoms with Crippen LogP contribution in [0.3, 0.4) is 0 Å². The normalized spacial score (nSPS) is 42.5. The van der Waals surface area contributed by atoms with E-state index in [0.29, 0.717) is 13.1 Å². The quantitative estimate of drug-likeness (QED) is 0.666. The molecule has 0 amide bonds. The molecule has 7 heteroatoms. The van der Waals surface area contributed by atoms with Crippen molar-refractivity contribution in [3.05, 3.63) is 0 Å². The first-order valence-corrected chi connectivity index (χ1v) is 11.1. The summed E-state index contributed by atoms with van der Waals surface area (Å²) in [6.07, 6.45) is 1.75. The van der Waals surface area contributed by atoms with Gasteiger partial charge in [-0.3, -0.25) is 4.79 Å². The van der Waals surface area contributed by atoms with Gasteiger partial charge in [-0.15, -0.1) is 0 Å². The van der Waals surface area contributed by atoms with Crippen LogP contribution in [0.1, 0.15) is 33.6 Å². The van der Waals surface area contributed by atoms with E-state index in [1.54, 1.807) is 4.31 Å². The Hall–Kier alpha value is 0.0200. The van der Waals surface area contributed by atoms with Crippen LogP contribution < -0.4 is 0 Å². The van der Waals surface area contributed by atoms with E-state index < -0.39 is 20.9 Å². The van der Waals surface area contributed by atoms with E-state index in [9.17, 15) is 13.2 Å². The fraction of sp³-hybridized carbons (Fsp3) is 0.938. The highest BCUT2D eigenvalue weighted by atomic mass is 79.9. The van der Waals surface area contributed by atoms with Crippen LogP contribution >= 0.6 is 15.9 Å². The molecule has 2 bridgehead atoms. The molecule has 3 aliphatic rings. The maximum atomic E-state index is 13.0. The molecule has 1 heterocycles. The van der Waals surface area contributed by atoms with Gasteiger partial charge in [-0.1, -0.05) is 36.7 Å². The molecule has 3 fully saturated rings. The van der Waals surface area contributed by atoms with Crippen molar-refractivity contribution in [2.75, 3.05) is 38.5 Å². The van der Waals surface area contributed by atoms with Crippen molar-refractivity contribution in [1.82, 2.24) is 9.21 Å². The Bertz CT molecular complexity index is 602. The van der Waals surface area contributed by atoms with Gasteiger partial charge in [0.05, 0.1) is 10.6 Å². The van der Waals surface area contributed by atoms with Crippen molar-refractivity contribution in [3.8, 4) is 0 Å². The van der Waals surface area contributed by atoms with Gasteiger partial charge in [0.15, 0.2) is 5.78 Å². The predicted molar refractivity (Wildman–Crippen MR) is 94.1 cm³/mol. The zero-order chi connectivity index (χ0) is 17.0. The predicted octanol–water partition coefficient (Wildman–Crippen LogP) is 1.72. The number of hydrogen-bond donors (Lipinski definition) is 0. The van der Waals surface area contributed by atoms with Gasteiger partial charge in [0, 0.05) is 31.6 Å². The Kier molecular flexibility index (Phi) is 4.48. The highest BCUT2D eigenvalue weighted by Crippen LogP contribution is 2.65. The number of fused-ring (bicyclic) bond motifs is 2. The Morgan fingerprint density at radius 2 is 1.83 bits per heavy atom. The fourth-order valence-electron chi connectivity index (χ4n) is 4.88. The van der Waals surface area contributed by atoms with Crippen LogP contribution in [0, 0.1) is 16.7 Å². The average molecular weight is 407 g/mol. The summed E-state index contributed by atoms with van der Waals surface area (Å²) in [6, 6.07) is 0. The maximum absolute atomic E-state index is 13.0. The van der Waals surface area contributed by atoms with E-state index in [2.05, 4.69) is 27.8 Å². The fourth-order valence-corrected chi connectivity index (χ4v) is 8.42. The molecule has 0 radical (unpaired) electrons.